The van der Waals surface area contributed by atoms with E-state index in [1.54, 1.807) is 7.11 Å². The molecule has 0 fully saturated rings. The summed E-state index contributed by atoms with van der Waals surface area (Å²) in [5.74, 6) is 1.94. The van der Waals surface area contributed by atoms with E-state index < -0.39 is 0 Å². The van der Waals surface area contributed by atoms with E-state index >= 15 is 0 Å². The zero-order valence-corrected chi connectivity index (χ0v) is 14.8. The zero-order chi connectivity index (χ0) is 16.8. The second-order valence-electron chi connectivity index (χ2n) is 4.92. The predicted octanol–water partition coefficient (Wildman–Crippen LogP) is 2.45. The summed E-state index contributed by atoms with van der Waals surface area (Å²) in [4.78, 5) is 13.9. The van der Waals surface area contributed by atoms with Gasteiger partial charge in [0.05, 0.1) is 18.4 Å². The Bertz CT molecular complexity index is 668. The van der Waals surface area contributed by atoms with E-state index in [-0.39, 0.29) is 5.91 Å². The summed E-state index contributed by atoms with van der Waals surface area (Å²) in [5.41, 5.74) is 0.881. The van der Waals surface area contributed by atoms with Gasteiger partial charge < -0.3 is 14.2 Å². The molecule has 2 aromatic rings. The largest absolute Gasteiger partial charge is 0.496 e. The predicted molar refractivity (Wildman–Crippen MR) is 91.6 cm³/mol. The zero-order valence-electron chi connectivity index (χ0n) is 13.9. The van der Waals surface area contributed by atoms with Crippen molar-refractivity contribution >= 4 is 17.7 Å². The van der Waals surface area contributed by atoms with Gasteiger partial charge in [0.2, 0.25) is 5.91 Å². The lowest BCUT2D eigenvalue weighted by Gasteiger charge is -2.17. The third kappa shape index (κ3) is 3.85. The van der Waals surface area contributed by atoms with Gasteiger partial charge in [-0.15, -0.1) is 10.2 Å². The van der Waals surface area contributed by atoms with Gasteiger partial charge in [-0.1, -0.05) is 23.9 Å². The van der Waals surface area contributed by atoms with Gasteiger partial charge in [-0.25, -0.2) is 0 Å². The molecule has 0 atom stereocenters. The van der Waals surface area contributed by atoms with E-state index in [1.807, 2.05) is 54.6 Å². The van der Waals surface area contributed by atoms with Crippen LogP contribution in [0.15, 0.2) is 29.4 Å². The molecule has 6 nitrogen and oxygen atoms in total. The average molecular weight is 334 g/mol. The minimum atomic E-state index is 0.113. The number of aromatic nitrogens is 3. The number of thioether (sulfide) groups is 1. The van der Waals surface area contributed by atoms with Gasteiger partial charge in [-0.2, -0.15) is 0 Å². The van der Waals surface area contributed by atoms with E-state index in [2.05, 4.69) is 10.2 Å². The molecule has 1 amide bonds. The molecule has 124 valence electrons. The molecule has 0 N–H and O–H groups in total. The van der Waals surface area contributed by atoms with Crippen LogP contribution in [0.5, 0.6) is 5.75 Å². The Balaban J connectivity index is 2.15. The van der Waals surface area contributed by atoms with Crippen molar-refractivity contribution in [3.8, 4) is 17.1 Å². The van der Waals surface area contributed by atoms with Crippen molar-refractivity contribution in [2.24, 2.45) is 7.05 Å². The van der Waals surface area contributed by atoms with E-state index in [0.29, 0.717) is 10.9 Å². The fraction of sp³-hybridized carbons (Fsp3) is 0.438. The van der Waals surface area contributed by atoms with Crippen LogP contribution in [0.25, 0.3) is 11.4 Å². The van der Waals surface area contributed by atoms with E-state index in [9.17, 15) is 4.79 Å². The second kappa shape index (κ2) is 8.01. The number of rotatable bonds is 7. The van der Waals surface area contributed by atoms with Gasteiger partial charge in [0.25, 0.3) is 0 Å². The number of nitrogens with zero attached hydrogens (tertiary/aromatic N) is 4. The van der Waals surface area contributed by atoms with E-state index in [0.717, 1.165) is 30.2 Å². The van der Waals surface area contributed by atoms with E-state index in [4.69, 9.17) is 4.74 Å². The lowest BCUT2D eigenvalue weighted by atomic mass is 10.2. The first-order chi connectivity index (χ1) is 11.1. The molecule has 0 radical (unpaired) electrons. The highest BCUT2D eigenvalue weighted by Gasteiger charge is 2.17. The number of hydrogen-bond acceptors (Lipinski definition) is 5. The monoisotopic (exact) mass is 334 g/mol. The summed E-state index contributed by atoms with van der Waals surface area (Å²) in [6.45, 7) is 5.41. The molecule has 0 spiro atoms. The molecule has 1 heterocycles. The standard InChI is InChI=1S/C16H22N4O2S/c1-5-20(6-2)14(21)11-23-16-18-17-15(19(16)3)12-9-7-8-10-13(12)22-4/h7-10H,5-6,11H2,1-4H3. The molecule has 1 aromatic carbocycles. The summed E-state index contributed by atoms with van der Waals surface area (Å²) >= 11 is 1.40. The number of benzene rings is 1. The first kappa shape index (κ1) is 17.3. The fourth-order valence-corrected chi connectivity index (χ4v) is 3.11. The van der Waals surface area contributed by atoms with Crippen molar-refractivity contribution in [2.75, 3.05) is 26.0 Å². The van der Waals surface area contributed by atoms with Crippen LogP contribution in [0.1, 0.15) is 13.8 Å². The van der Waals surface area contributed by atoms with Crippen LogP contribution in [-0.2, 0) is 11.8 Å². The van der Waals surface area contributed by atoms with Crippen LogP contribution in [0, 0.1) is 0 Å². The molecule has 2 rings (SSSR count). The maximum Gasteiger partial charge on any atom is 0.233 e. The van der Waals surface area contributed by atoms with Crippen LogP contribution in [0.4, 0.5) is 0 Å². The third-order valence-electron chi connectivity index (χ3n) is 3.62. The maximum absolute atomic E-state index is 12.1. The smallest absolute Gasteiger partial charge is 0.233 e. The summed E-state index contributed by atoms with van der Waals surface area (Å²) in [6, 6.07) is 7.68. The van der Waals surface area contributed by atoms with E-state index in [1.165, 1.54) is 11.8 Å². The molecule has 0 aliphatic heterocycles. The SMILES string of the molecule is CCN(CC)C(=O)CSc1nnc(-c2ccccc2OC)n1C. The molecule has 0 bridgehead atoms. The van der Waals surface area contributed by atoms with Crippen LogP contribution in [0.2, 0.25) is 0 Å². The summed E-state index contributed by atoms with van der Waals surface area (Å²) in [7, 11) is 3.53. The first-order valence-electron chi connectivity index (χ1n) is 7.55. The van der Waals surface area contributed by atoms with Crippen LogP contribution in [0.3, 0.4) is 0 Å². The number of methoxy groups -OCH3 is 1. The quantitative estimate of drug-likeness (QED) is 0.728. The van der Waals surface area contributed by atoms with Gasteiger partial charge in [-0.05, 0) is 26.0 Å². The Labute approximate surface area is 140 Å². The highest BCUT2D eigenvalue weighted by molar-refractivity contribution is 7.99. The molecule has 0 aliphatic rings. The van der Waals surface area contributed by atoms with Crippen LogP contribution in [-0.4, -0.2) is 51.5 Å². The number of amides is 1. The van der Waals surface area contributed by atoms with Gasteiger partial charge in [0.15, 0.2) is 11.0 Å². The van der Waals surface area contributed by atoms with Crippen molar-refractivity contribution in [1.82, 2.24) is 19.7 Å². The molecule has 0 aliphatic carbocycles. The summed E-state index contributed by atoms with van der Waals surface area (Å²) in [5, 5.41) is 9.16. The number of carbonyl (C=O) groups excluding carboxylic acids is 1. The third-order valence-corrected chi connectivity index (χ3v) is 4.63. The fourth-order valence-electron chi connectivity index (χ4n) is 2.30. The Kier molecular flexibility index (Phi) is 6.04. The Morgan fingerprint density at radius 3 is 2.61 bits per heavy atom. The van der Waals surface area contributed by atoms with Crippen molar-refractivity contribution in [1.29, 1.82) is 0 Å². The highest BCUT2D eigenvalue weighted by atomic mass is 32.2. The normalized spacial score (nSPS) is 10.6. The Morgan fingerprint density at radius 2 is 1.96 bits per heavy atom. The Hall–Kier alpha value is -2.02. The topological polar surface area (TPSA) is 60.3 Å². The summed E-state index contributed by atoms with van der Waals surface area (Å²) in [6.07, 6.45) is 0. The van der Waals surface area contributed by atoms with Crippen molar-refractivity contribution in [2.45, 2.75) is 19.0 Å². The van der Waals surface area contributed by atoms with Gasteiger partial charge in [0.1, 0.15) is 5.75 Å². The number of carbonyl (C=O) groups is 1. The molecule has 0 saturated carbocycles. The molecule has 23 heavy (non-hydrogen) atoms. The Morgan fingerprint density at radius 1 is 1.26 bits per heavy atom. The maximum atomic E-state index is 12.1. The minimum absolute atomic E-state index is 0.113. The molecule has 7 heteroatoms. The van der Waals surface area contributed by atoms with Gasteiger partial charge in [-0.3, -0.25) is 4.79 Å². The number of hydrogen-bond donors (Lipinski definition) is 0. The van der Waals surface area contributed by atoms with Crippen LogP contribution >= 0.6 is 11.8 Å². The molecular formula is C16H22N4O2S. The highest BCUT2D eigenvalue weighted by Crippen LogP contribution is 2.29. The lowest BCUT2D eigenvalue weighted by Crippen LogP contribution is -2.31. The van der Waals surface area contributed by atoms with Gasteiger partial charge in [0, 0.05) is 20.1 Å². The van der Waals surface area contributed by atoms with Crippen molar-refractivity contribution < 1.29 is 9.53 Å². The van der Waals surface area contributed by atoms with Crippen molar-refractivity contribution in [3.63, 3.8) is 0 Å². The molecule has 0 unspecified atom stereocenters. The molecular weight excluding hydrogens is 312 g/mol. The lowest BCUT2D eigenvalue weighted by molar-refractivity contribution is -0.127. The average Bonchev–Trinajstić information content (AvgIpc) is 2.94. The minimum Gasteiger partial charge on any atom is -0.496 e. The number of para-hydroxylation sites is 1. The van der Waals surface area contributed by atoms with Crippen molar-refractivity contribution in [3.05, 3.63) is 24.3 Å². The molecule has 0 saturated heterocycles. The van der Waals surface area contributed by atoms with Crippen LogP contribution < -0.4 is 4.74 Å². The number of ether oxygens (including phenoxy) is 1. The molecule has 1 aromatic heterocycles. The van der Waals surface area contributed by atoms with Gasteiger partial charge >= 0.3 is 0 Å². The summed E-state index contributed by atoms with van der Waals surface area (Å²) < 4.78 is 7.26. The second-order valence-corrected chi connectivity index (χ2v) is 5.86. The first-order valence-corrected chi connectivity index (χ1v) is 8.54.